The van der Waals surface area contributed by atoms with Crippen molar-refractivity contribution < 1.29 is 14.3 Å². The van der Waals surface area contributed by atoms with Crippen LogP contribution in [0.25, 0.3) is 0 Å². The quantitative estimate of drug-likeness (QED) is 0.726. The molecule has 2 aromatic rings. The summed E-state index contributed by atoms with van der Waals surface area (Å²) in [5.41, 5.74) is 1.81. The van der Waals surface area contributed by atoms with Crippen LogP contribution in [0.15, 0.2) is 42.5 Å². The second-order valence-corrected chi connectivity index (χ2v) is 6.43. The second kappa shape index (κ2) is 7.18. The van der Waals surface area contributed by atoms with Crippen LogP contribution in [-0.2, 0) is 16.0 Å². The van der Waals surface area contributed by atoms with Crippen molar-refractivity contribution in [2.75, 3.05) is 0 Å². The highest BCUT2D eigenvalue weighted by molar-refractivity contribution is 6.30. The minimum Gasteiger partial charge on any atom is -0.457 e. The zero-order chi connectivity index (χ0) is 17.1. The molecule has 24 heavy (non-hydrogen) atoms. The van der Waals surface area contributed by atoms with E-state index >= 15 is 0 Å². The smallest absolute Gasteiger partial charge is 0.147 e. The molecule has 3 rings (SSSR count). The fraction of sp³-hybridized carbons (Fsp3) is 0.300. The molecule has 0 amide bonds. The van der Waals surface area contributed by atoms with E-state index in [2.05, 4.69) is 0 Å². The van der Waals surface area contributed by atoms with Crippen LogP contribution < -0.4 is 4.74 Å². The number of benzene rings is 2. The largest absolute Gasteiger partial charge is 0.457 e. The van der Waals surface area contributed by atoms with Gasteiger partial charge in [-0.15, -0.1) is 0 Å². The predicted octanol–water partition coefficient (Wildman–Crippen LogP) is 5.10. The first-order chi connectivity index (χ1) is 11.6. The Balaban J connectivity index is 1.94. The van der Waals surface area contributed by atoms with Gasteiger partial charge in [0.15, 0.2) is 0 Å². The molecule has 2 aromatic carbocycles. The van der Waals surface area contributed by atoms with Gasteiger partial charge in [0.2, 0.25) is 0 Å². The number of aryl methyl sites for hydroxylation is 1. The fourth-order valence-electron chi connectivity index (χ4n) is 3.12. The van der Waals surface area contributed by atoms with Gasteiger partial charge in [0.25, 0.3) is 0 Å². The summed E-state index contributed by atoms with van der Waals surface area (Å²) in [6.45, 7) is 2.02. The number of hydrogen-bond donors (Lipinski definition) is 0. The molecule has 1 aliphatic carbocycles. The highest BCUT2D eigenvalue weighted by atomic mass is 35.5. The first-order valence-corrected chi connectivity index (χ1v) is 8.58. The van der Waals surface area contributed by atoms with Gasteiger partial charge in [-0.3, -0.25) is 9.59 Å². The zero-order valence-corrected chi connectivity index (χ0v) is 14.3. The summed E-state index contributed by atoms with van der Waals surface area (Å²) in [7, 11) is 0. The Morgan fingerprint density at radius 1 is 1.00 bits per heavy atom. The number of Topliss-reactive ketones (excluding diaryl/α,β-unsaturated/α-hetero) is 2. The van der Waals surface area contributed by atoms with Crippen LogP contribution in [0.5, 0.6) is 11.5 Å². The molecular formula is C20H19ClO3. The van der Waals surface area contributed by atoms with Crippen molar-refractivity contribution in [3.8, 4) is 11.5 Å². The molecule has 0 radical (unpaired) electrons. The van der Waals surface area contributed by atoms with Crippen LogP contribution >= 0.6 is 11.6 Å². The molecule has 0 bridgehead atoms. The van der Waals surface area contributed by atoms with E-state index in [1.54, 1.807) is 24.3 Å². The number of hydrogen-bond acceptors (Lipinski definition) is 3. The Hall–Kier alpha value is -2.13. The average molecular weight is 343 g/mol. The third-order valence-corrected chi connectivity index (χ3v) is 4.60. The van der Waals surface area contributed by atoms with Crippen LogP contribution in [0.3, 0.4) is 0 Å². The average Bonchev–Trinajstić information content (AvgIpc) is 2.57. The summed E-state index contributed by atoms with van der Waals surface area (Å²) in [6.07, 6.45) is 2.38. The minimum absolute atomic E-state index is 0.0181. The Morgan fingerprint density at radius 3 is 2.25 bits per heavy atom. The number of halogens is 1. The van der Waals surface area contributed by atoms with Crippen LogP contribution in [-0.4, -0.2) is 11.6 Å². The molecule has 0 N–H and O–H groups in total. The number of ketones is 2. The van der Waals surface area contributed by atoms with Crippen molar-refractivity contribution in [1.29, 1.82) is 0 Å². The molecule has 0 unspecified atom stereocenters. The first kappa shape index (κ1) is 16.7. The molecule has 1 aliphatic rings. The molecule has 0 saturated heterocycles. The molecule has 1 saturated carbocycles. The van der Waals surface area contributed by atoms with Crippen LogP contribution in [0.4, 0.5) is 0 Å². The van der Waals surface area contributed by atoms with Gasteiger partial charge >= 0.3 is 0 Å². The van der Waals surface area contributed by atoms with Crippen molar-refractivity contribution in [3.05, 3.63) is 58.6 Å². The molecular weight excluding hydrogens is 324 g/mol. The van der Waals surface area contributed by atoms with Gasteiger partial charge in [-0.2, -0.15) is 0 Å². The monoisotopic (exact) mass is 342 g/mol. The summed E-state index contributed by atoms with van der Waals surface area (Å²) < 4.78 is 5.85. The predicted molar refractivity (Wildman–Crippen MR) is 94.0 cm³/mol. The van der Waals surface area contributed by atoms with E-state index in [-0.39, 0.29) is 11.6 Å². The first-order valence-electron chi connectivity index (χ1n) is 8.20. The third-order valence-electron chi connectivity index (χ3n) is 4.35. The van der Waals surface area contributed by atoms with Crippen molar-refractivity contribution >= 4 is 23.2 Å². The van der Waals surface area contributed by atoms with Crippen molar-refractivity contribution in [1.82, 2.24) is 0 Å². The van der Waals surface area contributed by atoms with Crippen molar-refractivity contribution in [2.45, 2.75) is 38.5 Å². The third kappa shape index (κ3) is 3.51. The molecule has 0 aromatic heterocycles. The lowest BCUT2D eigenvalue weighted by molar-refractivity contribution is -0.131. The van der Waals surface area contributed by atoms with E-state index in [1.807, 2.05) is 25.1 Å². The maximum Gasteiger partial charge on any atom is 0.147 e. The number of carbonyl (C=O) groups excluding carboxylic acids is 2. The molecule has 0 heterocycles. The van der Waals surface area contributed by atoms with Gasteiger partial charge in [-0.25, -0.2) is 0 Å². The number of rotatable bonds is 4. The van der Waals surface area contributed by atoms with Crippen molar-refractivity contribution in [2.24, 2.45) is 0 Å². The normalized spacial score (nSPS) is 15.6. The van der Waals surface area contributed by atoms with Gasteiger partial charge in [0.05, 0.1) is 0 Å². The second-order valence-electron chi connectivity index (χ2n) is 5.99. The fourth-order valence-corrected chi connectivity index (χ4v) is 3.24. The molecule has 1 fully saturated rings. The van der Waals surface area contributed by atoms with Crippen molar-refractivity contribution in [3.63, 3.8) is 0 Å². The Morgan fingerprint density at radius 2 is 1.62 bits per heavy atom. The summed E-state index contributed by atoms with van der Waals surface area (Å²) >= 11 is 5.88. The summed E-state index contributed by atoms with van der Waals surface area (Å²) in [5, 5.41) is 0.641. The Bertz CT molecular complexity index is 749. The topological polar surface area (TPSA) is 43.4 Å². The van der Waals surface area contributed by atoms with E-state index in [1.165, 1.54) is 0 Å². The van der Waals surface area contributed by atoms with Gasteiger partial charge in [-0.05, 0) is 60.4 Å². The lowest BCUT2D eigenvalue weighted by atomic mass is 9.79. The highest BCUT2D eigenvalue weighted by Crippen LogP contribution is 2.33. The molecule has 4 heteroatoms. The highest BCUT2D eigenvalue weighted by Gasteiger charge is 2.32. The number of ether oxygens (including phenoxy) is 1. The lowest BCUT2D eigenvalue weighted by Gasteiger charge is -2.22. The van der Waals surface area contributed by atoms with Gasteiger partial charge < -0.3 is 4.74 Å². The molecule has 0 atom stereocenters. The van der Waals surface area contributed by atoms with E-state index in [4.69, 9.17) is 16.3 Å². The maximum absolute atomic E-state index is 12.3. The van der Waals surface area contributed by atoms with Gasteiger partial charge in [0, 0.05) is 17.9 Å². The lowest BCUT2D eigenvalue weighted by Crippen LogP contribution is -2.27. The van der Waals surface area contributed by atoms with Gasteiger partial charge in [-0.1, -0.05) is 24.6 Å². The van der Waals surface area contributed by atoms with E-state index < -0.39 is 5.92 Å². The number of carbonyl (C=O) groups is 2. The zero-order valence-electron chi connectivity index (χ0n) is 13.5. The van der Waals surface area contributed by atoms with E-state index in [0.717, 1.165) is 17.5 Å². The SMILES string of the molecule is CCc1ccc(Oc2ccc(Cl)cc2)cc1C1C(=O)CCCC1=O. The maximum atomic E-state index is 12.3. The van der Waals surface area contributed by atoms with Crippen LogP contribution in [0, 0.1) is 0 Å². The molecule has 0 aliphatic heterocycles. The summed E-state index contributed by atoms with van der Waals surface area (Å²) in [5.74, 6) is 0.684. The standard InChI is InChI=1S/C20H19ClO3/c1-2-13-6-9-16(24-15-10-7-14(21)8-11-15)12-17(13)20-18(22)4-3-5-19(20)23/h6-12,20H,2-5H2,1H3. The minimum atomic E-state index is -0.637. The van der Waals surface area contributed by atoms with E-state index in [9.17, 15) is 9.59 Å². The molecule has 3 nitrogen and oxygen atoms in total. The Labute approximate surface area is 146 Å². The van der Waals surface area contributed by atoms with Crippen LogP contribution in [0.2, 0.25) is 5.02 Å². The summed E-state index contributed by atoms with van der Waals surface area (Å²) in [4.78, 5) is 24.6. The Kier molecular flexibility index (Phi) is 5.00. The van der Waals surface area contributed by atoms with Gasteiger partial charge in [0.1, 0.15) is 29.0 Å². The van der Waals surface area contributed by atoms with E-state index in [0.29, 0.717) is 35.8 Å². The van der Waals surface area contributed by atoms with Crippen LogP contribution in [0.1, 0.15) is 43.2 Å². The molecule has 0 spiro atoms. The molecule has 124 valence electrons. The summed E-state index contributed by atoms with van der Waals surface area (Å²) in [6, 6.07) is 12.7.